The summed E-state index contributed by atoms with van der Waals surface area (Å²) in [6, 6.07) is 13.9. The number of thioether (sulfide) groups is 1. The van der Waals surface area contributed by atoms with E-state index in [0.717, 1.165) is 54.6 Å². The molecule has 1 fully saturated rings. The number of carbonyl (C=O) groups is 1. The van der Waals surface area contributed by atoms with E-state index in [-0.39, 0.29) is 12.5 Å². The molecular weight excluding hydrogens is 440 g/mol. The number of hydrogen-bond acceptors (Lipinski definition) is 8. The number of amides is 1. The van der Waals surface area contributed by atoms with Crippen molar-refractivity contribution in [2.45, 2.75) is 32.1 Å². The van der Waals surface area contributed by atoms with Crippen LogP contribution in [0.2, 0.25) is 0 Å². The second kappa shape index (κ2) is 11.2. The molecule has 0 atom stereocenters. The number of morpholine rings is 1. The zero-order chi connectivity index (χ0) is 23.0. The average Bonchev–Trinajstić information content (AvgIpc) is 3.28. The van der Waals surface area contributed by atoms with Crippen molar-refractivity contribution in [3.8, 4) is 5.75 Å². The molecule has 33 heavy (non-hydrogen) atoms. The highest BCUT2D eigenvalue weighted by molar-refractivity contribution is 7.99. The number of aryl methyl sites for hydroxylation is 2. The number of nitrogens with one attached hydrogen (secondary N) is 1. The number of hydrogen-bond donors (Lipinski definition) is 1. The Morgan fingerprint density at radius 2 is 1.91 bits per heavy atom. The summed E-state index contributed by atoms with van der Waals surface area (Å²) in [6.45, 7) is 7.49. The summed E-state index contributed by atoms with van der Waals surface area (Å²) in [5.41, 5.74) is 4.10. The second-order valence-corrected chi connectivity index (χ2v) is 8.86. The monoisotopic (exact) mass is 468 g/mol. The van der Waals surface area contributed by atoms with Crippen molar-refractivity contribution in [3.05, 3.63) is 59.5 Å². The van der Waals surface area contributed by atoms with Crippen LogP contribution in [0.4, 0.5) is 11.4 Å². The number of rotatable bonds is 9. The lowest BCUT2D eigenvalue weighted by Crippen LogP contribution is -2.36. The van der Waals surface area contributed by atoms with Crippen molar-refractivity contribution in [2.75, 3.05) is 42.3 Å². The molecule has 174 valence electrons. The summed E-state index contributed by atoms with van der Waals surface area (Å²) in [6.07, 6.45) is 0.340. The number of benzene rings is 2. The molecule has 2 aromatic carbocycles. The molecule has 1 aliphatic heterocycles. The summed E-state index contributed by atoms with van der Waals surface area (Å²) in [4.78, 5) is 14.6. The Hall–Kier alpha value is -3.04. The summed E-state index contributed by atoms with van der Waals surface area (Å²) >= 11 is 1.35. The van der Waals surface area contributed by atoms with Gasteiger partial charge < -0.3 is 24.1 Å². The third-order valence-electron chi connectivity index (χ3n) is 5.23. The largest absolute Gasteiger partial charge is 0.484 e. The van der Waals surface area contributed by atoms with Gasteiger partial charge in [-0.25, -0.2) is 0 Å². The molecule has 1 saturated heterocycles. The fraction of sp³-hybridized carbons (Fsp3) is 0.375. The molecule has 0 saturated carbocycles. The van der Waals surface area contributed by atoms with E-state index in [2.05, 4.69) is 20.4 Å². The Kier molecular flexibility index (Phi) is 7.85. The van der Waals surface area contributed by atoms with E-state index < -0.39 is 0 Å². The van der Waals surface area contributed by atoms with E-state index in [9.17, 15) is 4.79 Å². The van der Waals surface area contributed by atoms with Crippen molar-refractivity contribution < 1.29 is 18.7 Å². The first-order valence-electron chi connectivity index (χ1n) is 10.9. The van der Waals surface area contributed by atoms with Crippen LogP contribution in [0.15, 0.2) is 52.1 Å². The standard InChI is InChI=1S/C24H28N4O4S/c1-17-3-4-18(2)21(15-17)31-16-23-26-27-24(32-23)33-14-9-22(29)25-19-5-7-20(8-6-19)28-10-12-30-13-11-28/h3-8,15H,9-14,16H2,1-2H3,(H,25,29). The Morgan fingerprint density at radius 1 is 1.12 bits per heavy atom. The van der Waals surface area contributed by atoms with Crippen molar-refractivity contribution in [1.82, 2.24) is 10.2 Å². The van der Waals surface area contributed by atoms with E-state index in [4.69, 9.17) is 13.9 Å². The summed E-state index contributed by atoms with van der Waals surface area (Å²) in [5.74, 6) is 1.69. The Balaban J connectivity index is 1.18. The molecule has 8 nitrogen and oxygen atoms in total. The van der Waals surface area contributed by atoms with Gasteiger partial charge >= 0.3 is 0 Å². The maximum Gasteiger partial charge on any atom is 0.276 e. The average molecular weight is 469 g/mol. The molecule has 0 bridgehead atoms. The second-order valence-electron chi connectivity index (χ2n) is 7.81. The van der Waals surface area contributed by atoms with Crippen LogP contribution in [0.3, 0.4) is 0 Å². The minimum Gasteiger partial charge on any atom is -0.484 e. The molecule has 1 aromatic heterocycles. The molecule has 2 heterocycles. The molecule has 0 unspecified atom stereocenters. The van der Waals surface area contributed by atoms with Gasteiger partial charge in [-0.1, -0.05) is 23.9 Å². The maximum atomic E-state index is 12.3. The maximum absolute atomic E-state index is 12.3. The smallest absolute Gasteiger partial charge is 0.276 e. The molecule has 1 N–H and O–H groups in total. The van der Waals surface area contributed by atoms with Gasteiger partial charge in [0, 0.05) is 36.6 Å². The number of ether oxygens (including phenoxy) is 2. The van der Waals surface area contributed by atoms with Gasteiger partial charge in [0.25, 0.3) is 11.1 Å². The zero-order valence-electron chi connectivity index (χ0n) is 18.9. The van der Waals surface area contributed by atoms with Gasteiger partial charge in [0.15, 0.2) is 6.61 Å². The van der Waals surface area contributed by atoms with E-state index in [1.54, 1.807) is 0 Å². The fourth-order valence-electron chi connectivity index (χ4n) is 3.39. The molecule has 0 spiro atoms. The predicted octanol–water partition coefficient (Wildman–Crippen LogP) is 4.22. The van der Waals surface area contributed by atoms with Crippen LogP contribution < -0.4 is 15.0 Å². The van der Waals surface area contributed by atoms with E-state index in [1.165, 1.54) is 11.8 Å². The van der Waals surface area contributed by atoms with Gasteiger partial charge in [-0.15, -0.1) is 10.2 Å². The quantitative estimate of drug-likeness (QED) is 0.467. The summed E-state index contributed by atoms with van der Waals surface area (Å²) in [7, 11) is 0. The van der Waals surface area contributed by atoms with E-state index in [0.29, 0.717) is 23.3 Å². The van der Waals surface area contributed by atoms with Crippen molar-refractivity contribution in [1.29, 1.82) is 0 Å². The van der Waals surface area contributed by atoms with Gasteiger partial charge in [-0.05, 0) is 55.3 Å². The lowest BCUT2D eigenvalue weighted by atomic mass is 10.1. The highest BCUT2D eigenvalue weighted by Gasteiger charge is 2.12. The van der Waals surface area contributed by atoms with E-state index >= 15 is 0 Å². The fourth-order valence-corrected chi connectivity index (χ4v) is 4.10. The van der Waals surface area contributed by atoms with Crippen LogP contribution in [-0.2, 0) is 16.1 Å². The SMILES string of the molecule is Cc1ccc(C)c(OCc2nnc(SCCC(=O)Nc3ccc(N4CCOCC4)cc3)o2)c1. The highest BCUT2D eigenvalue weighted by atomic mass is 32.2. The molecule has 1 aliphatic rings. The molecule has 0 radical (unpaired) electrons. The van der Waals surface area contributed by atoms with Crippen LogP contribution in [-0.4, -0.2) is 48.2 Å². The number of aromatic nitrogens is 2. The summed E-state index contributed by atoms with van der Waals surface area (Å²) in [5, 5.41) is 11.4. The number of nitrogens with zero attached hydrogens (tertiary/aromatic N) is 3. The molecule has 3 aromatic rings. The summed E-state index contributed by atoms with van der Waals surface area (Å²) < 4.78 is 16.8. The Labute approximate surface area is 197 Å². The molecule has 4 rings (SSSR count). The van der Waals surface area contributed by atoms with Crippen LogP contribution >= 0.6 is 11.8 Å². The number of anilines is 2. The molecule has 9 heteroatoms. The third-order valence-corrected chi connectivity index (χ3v) is 6.05. The topological polar surface area (TPSA) is 89.7 Å². The minimum atomic E-state index is -0.0559. The van der Waals surface area contributed by atoms with Gasteiger partial charge in [-0.3, -0.25) is 4.79 Å². The molecular formula is C24H28N4O4S. The normalized spacial score (nSPS) is 13.7. The van der Waals surface area contributed by atoms with Gasteiger partial charge in [0.1, 0.15) is 5.75 Å². The first kappa shape index (κ1) is 23.1. The van der Waals surface area contributed by atoms with Gasteiger partial charge in [-0.2, -0.15) is 0 Å². The van der Waals surface area contributed by atoms with Crippen LogP contribution in [0.25, 0.3) is 0 Å². The zero-order valence-corrected chi connectivity index (χ0v) is 19.7. The van der Waals surface area contributed by atoms with Crippen molar-refractivity contribution in [3.63, 3.8) is 0 Å². The van der Waals surface area contributed by atoms with Crippen LogP contribution in [0.5, 0.6) is 5.75 Å². The van der Waals surface area contributed by atoms with Gasteiger partial charge in [0.2, 0.25) is 5.91 Å². The third kappa shape index (κ3) is 6.72. The van der Waals surface area contributed by atoms with Crippen molar-refractivity contribution in [2.24, 2.45) is 0 Å². The predicted molar refractivity (Wildman–Crippen MR) is 128 cm³/mol. The Bertz CT molecular complexity index is 1060. The molecule has 0 aliphatic carbocycles. The van der Waals surface area contributed by atoms with Crippen LogP contribution in [0.1, 0.15) is 23.4 Å². The molecule has 1 amide bonds. The minimum absolute atomic E-state index is 0.0559. The Morgan fingerprint density at radius 3 is 2.70 bits per heavy atom. The first-order chi connectivity index (χ1) is 16.1. The first-order valence-corrected chi connectivity index (χ1v) is 11.9. The highest BCUT2D eigenvalue weighted by Crippen LogP contribution is 2.22. The van der Waals surface area contributed by atoms with Gasteiger partial charge in [0.05, 0.1) is 13.2 Å². The van der Waals surface area contributed by atoms with E-state index in [1.807, 2.05) is 56.3 Å². The van der Waals surface area contributed by atoms with Crippen LogP contribution in [0, 0.1) is 13.8 Å². The number of carbonyl (C=O) groups excluding carboxylic acids is 1. The lowest BCUT2D eigenvalue weighted by Gasteiger charge is -2.28. The lowest BCUT2D eigenvalue weighted by molar-refractivity contribution is -0.115. The van der Waals surface area contributed by atoms with Crippen molar-refractivity contribution >= 4 is 29.0 Å².